The van der Waals surface area contributed by atoms with Gasteiger partial charge in [-0.15, -0.1) is 6.42 Å². The predicted molar refractivity (Wildman–Crippen MR) is 111 cm³/mol. The molecule has 0 atom stereocenters. The van der Waals surface area contributed by atoms with Crippen molar-refractivity contribution in [3.05, 3.63) is 65.5 Å². The number of halogens is 5. The number of carbonyl (C=O) groups excluding carboxylic acids is 1. The lowest BCUT2D eigenvalue weighted by Crippen LogP contribution is -2.16. The maximum atomic E-state index is 13.4. The molecule has 174 valence electrons. The zero-order chi connectivity index (χ0) is 25.0. The van der Waals surface area contributed by atoms with Gasteiger partial charge in [0, 0.05) is 34.8 Å². The maximum Gasteiger partial charge on any atom is 0.417 e. The molecule has 0 fully saturated rings. The van der Waals surface area contributed by atoms with Crippen molar-refractivity contribution in [2.75, 3.05) is 5.32 Å². The average molecular weight is 485 g/mol. The van der Waals surface area contributed by atoms with Gasteiger partial charge in [-0.3, -0.25) is 9.78 Å². The number of nitrogens with zero attached hydrogens (tertiary/aromatic N) is 1. The number of carbonyl (C=O) groups is 1. The summed E-state index contributed by atoms with van der Waals surface area (Å²) >= 11 is 0. The highest BCUT2D eigenvalue weighted by Crippen LogP contribution is 2.34. The summed E-state index contributed by atoms with van der Waals surface area (Å²) in [5, 5.41) is 7.52. The fourth-order valence-corrected chi connectivity index (χ4v) is 3.37. The summed E-state index contributed by atoms with van der Waals surface area (Å²) in [6.45, 7) is 0.857. The van der Waals surface area contributed by atoms with Crippen molar-refractivity contribution >= 4 is 21.6 Å². The van der Waals surface area contributed by atoms with Crippen LogP contribution >= 0.6 is 0 Å². The number of aromatic nitrogens is 1. The van der Waals surface area contributed by atoms with Gasteiger partial charge in [0.15, 0.2) is 5.83 Å². The zero-order valence-corrected chi connectivity index (χ0v) is 17.7. The van der Waals surface area contributed by atoms with Gasteiger partial charge in [-0.2, -0.15) is 13.2 Å². The normalized spacial score (nSPS) is 13.2. The predicted octanol–water partition coefficient (Wildman–Crippen LogP) is 4.47. The molecule has 2 rings (SSSR count). The summed E-state index contributed by atoms with van der Waals surface area (Å²) in [7, 11) is -4.44. The number of amides is 1. The Morgan fingerprint density at radius 3 is 2.45 bits per heavy atom. The molecule has 0 unspecified atom stereocenters. The van der Waals surface area contributed by atoms with Gasteiger partial charge in [0.05, 0.1) is 16.9 Å². The second-order valence-electron chi connectivity index (χ2n) is 6.64. The van der Waals surface area contributed by atoms with Crippen LogP contribution in [-0.2, 0) is 21.0 Å². The molecule has 0 saturated heterocycles. The van der Waals surface area contributed by atoms with Gasteiger partial charge in [-0.05, 0) is 31.2 Å². The Kier molecular flexibility index (Phi) is 7.73. The summed E-state index contributed by atoms with van der Waals surface area (Å²) < 4.78 is 89.3. The van der Waals surface area contributed by atoms with Crippen molar-refractivity contribution in [3.63, 3.8) is 0 Å². The van der Waals surface area contributed by atoms with Crippen molar-refractivity contribution in [1.29, 1.82) is 0 Å². The van der Waals surface area contributed by atoms with E-state index in [0.29, 0.717) is 18.3 Å². The molecule has 0 bridgehead atoms. The lowest BCUT2D eigenvalue weighted by molar-refractivity contribution is -0.137. The summed E-state index contributed by atoms with van der Waals surface area (Å²) in [4.78, 5) is 15.1. The fraction of sp³-hybridized carbons (Fsp3) is 0.143. The Balaban J connectivity index is 2.41. The molecule has 1 amide bonds. The number of terminal acetylenes is 1. The smallest absolute Gasteiger partial charge is 0.326 e. The first-order valence-electron chi connectivity index (χ1n) is 8.90. The van der Waals surface area contributed by atoms with Gasteiger partial charge in [-0.25, -0.2) is 22.3 Å². The second-order valence-corrected chi connectivity index (χ2v) is 8.17. The third kappa shape index (κ3) is 6.96. The minimum Gasteiger partial charge on any atom is -0.326 e. The number of hydrogen-bond donors (Lipinski definition) is 2. The molecule has 1 heterocycles. The van der Waals surface area contributed by atoms with Crippen LogP contribution in [0.5, 0.6) is 0 Å². The Bertz CT molecular complexity index is 1290. The molecule has 33 heavy (non-hydrogen) atoms. The quantitative estimate of drug-likeness (QED) is 0.358. The monoisotopic (exact) mass is 485 g/mol. The van der Waals surface area contributed by atoms with Crippen molar-refractivity contribution in [1.82, 2.24) is 4.98 Å². The largest absolute Gasteiger partial charge is 0.417 e. The number of sulfonamides is 1. The number of nitrogens with one attached hydrogen (secondary N) is 1. The van der Waals surface area contributed by atoms with Gasteiger partial charge in [0.1, 0.15) is 5.83 Å². The SMILES string of the molecule is C#C/C(=C\C(F)=C(/C)F)CC(=O)Nc1ccc(-c2cncc(C(F)(F)F)c2)c(S(N)(=O)=O)c1. The van der Waals surface area contributed by atoms with Gasteiger partial charge < -0.3 is 5.32 Å². The number of hydrogen-bond acceptors (Lipinski definition) is 4. The molecular weight excluding hydrogens is 469 g/mol. The van der Waals surface area contributed by atoms with E-state index in [1.54, 1.807) is 0 Å². The molecule has 0 aliphatic heterocycles. The van der Waals surface area contributed by atoms with E-state index in [-0.39, 0.29) is 22.4 Å². The summed E-state index contributed by atoms with van der Waals surface area (Å²) in [6, 6.07) is 4.00. The first kappa shape index (κ1) is 25.7. The van der Waals surface area contributed by atoms with Crippen LogP contribution in [0, 0.1) is 12.3 Å². The Hall–Kier alpha value is -3.56. The second kappa shape index (κ2) is 9.93. The molecule has 3 N–H and O–H groups in total. The zero-order valence-electron chi connectivity index (χ0n) is 16.9. The van der Waals surface area contributed by atoms with E-state index in [4.69, 9.17) is 11.6 Å². The van der Waals surface area contributed by atoms with E-state index < -0.39 is 50.6 Å². The maximum absolute atomic E-state index is 13.4. The van der Waals surface area contributed by atoms with E-state index >= 15 is 0 Å². The van der Waals surface area contributed by atoms with Crippen LogP contribution in [0.15, 0.2) is 64.9 Å². The van der Waals surface area contributed by atoms with Gasteiger partial charge >= 0.3 is 6.18 Å². The van der Waals surface area contributed by atoms with E-state index in [2.05, 4.69) is 10.3 Å². The molecular formula is C21H16F5N3O3S. The number of alkyl halides is 3. The number of pyridine rings is 1. The first-order chi connectivity index (χ1) is 15.2. The summed E-state index contributed by atoms with van der Waals surface area (Å²) in [5.74, 6) is -1.16. The molecule has 6 nitrogen and oxygen atoms in total. The molecule has 0 aliphatic rings. The Morgan fingerprint density at radius 1 is 1.24 bits per heavy atom. The van der Waals surface area contributed by atoms with Crippen LogP contribution in [0.4, 0.5) is 27.6 Å². The molecule has 0 radical (unpaired) electrons. The van der Waals surface area contributed by atoms with Crippen LogP contribution in [0.25, 0.3) is 11.1 Å². The molecule has 1 aromatic heterocycles. The van der Waals surface area contributed by atoms with Crippen LogP contribution in [-0.4, -0.2) is 19.3 Å². The fourth-order valence-electron chi connectivity index (χ4n) is 2.59. The minimum absolute atomic E-state index is 0.0817. The van der Waals surface area contributed by atoms with Gasteiger partial charge in [-0.1, -0.05) is 12.0 Å². The van der Waals surface area contributed by atoms with Crippen molar-refractivity contribution in [2.45, 2.75) is 24.4 Å². The highest BCUT2D eigenvalue weighted by atomic mass is 32.2. The van der Waals surface area contributed by atoms with E-state index in [1.807, 2.05) is 5.92 Å². The van der Waals surface area contributed by atoms with Crippen LogP contribution in [0.3, 0.4) is 0 Å². The van der Waals surface area contributed by atoms with Crippen LogP contribution < -0.4 is 10.5 Å². The molecule has 2 aromatic rings. The van der Waals surface area contributed by atoms with Crippen molar-refractivity contribution < 1.29 is 35.2 Å². The van der Waals surface area contributed by atoms with E-state index in [9.17, 15) is 35.2 Å². The Morgan fingerprint density at radius 2 is 1.91 bits per heavy atom. The van der Waals surface area contributed by atoms with Gasteiger partial charge in [0.2, 0.25) is 15.9 Å². The van der Waals surface area contributed by atoms with Crippen LogP contribution in [0.2, 0.25) is 0 Å². The highest BCUT2D eigenvalue weighted by molar-refractivity contribution is 7.89. The standard InChI is InChI=1S/C21H16F5N3O3S/c1-3-13(6-18(23)12(2)22)7-20(30)29-16-4-5-17(19(9-16)33(27,31)32)14-8-15(11-28-10-14)21(24,25)26/h1,4-6,8-11H,7H2,2H3,(H,29,30)(H2,27,31,32)/b13-6+,18-12-. The number of nitrogens with two attached hydrogens (primary N) is 1. The molecule has 1 aromatic carbocycles. The summed E-state index contributed by atoms with van der Waals surface area (Å²) in [5.41, 5.74) is -1.73. The van der Waals surface area contributed by atoms with Crippen LogP contribution in [0.1, 0.15) is 18.9 Å². The van der Waals surface area contributed by atoms with E-state index in [0.717, 1.165) is 25.3 Å². The number of rotatable bonds is 6. The lowest BCUT2D eigenvalue weighted by atomic mass is 10.0. The number of primary sulfonamides is 1. The minimum atomic E-state index is -4.71. The number of anilines is 1. The van der Waals surface area contributed by atoms with Gasteiger partial charge in [0.25, 0.3) is 0 Å². The van der Waals surface area contributed by atoms with Crippen molar-refractivity contribution in [3.8, 4) is 23.5 Å². The molecule has 0 saturated carbocycles. The summed E-state index contributed by atoms with van der Waals surface area (Å²) in [6.07, 6.45) is 2.19. The molecule has 0 aliphatic carbocycles. The van der Waals surface area contributed by atoms with E-state index in [1.165, 1.54) is 6.07 Å². The molecule has 12 heteroatoms. The highest BCUT2D eigenvalue weighted by Gasteiger charge is 2.31. The Labute approximate surface area is 186 Å². The molecule has 0 spiro atoms. The van der Waals surface area contributed by atoms with Crippen molar-refractivity contribution in [2.24, 2.45) is 5.14 Å². The lowest BCUT2D eigenvalue weighted by Gasteiger charge is -2.13. The number of allylic oxidation sites excluding steroid dienone is 3. The average Bonchev–Trinajstić information content (AvgIpc) is 2.71. The topological polar surface area (TPSA) is 102 Å². The first-order valence-corrected chi connectivity index (χ1v) is 10.5. The third-order valence-electron chi connectivity index (χ3n) is 4.11. The third-order valence-corrected chi connectivity index (χ3v) is 5.07. The number of benzene rings is 1.